The van der Waals surface area contributed by atoms with E-state index in [0.717, 1.165) is 10.4 Å². The van der Waals surface area contributed by atoms with Gasteiger partial charge in [0, 0.05) is 16.6 Å². The lowest BCUT2D eigenvalue weighted by Crippen LogP contribution is -2.25. The Balaban J connectivity index is 1.82. The number of aryl methyl sites for hydroxylation is 2. The highest BCUT2D eigenvalue weighted by Crippen LogP contribution is 2.30. The van der Waals surface area contributed by atoms with Crippen LogP contribution in [0.15, 0.2) is 28.2 Å². The number of ether oxygens (including phenoxy) is 1. The van der Waals surface area contributed by atoms with Crippen molar-refractivity contribution in [1.82, 2.24) is 9.55 Å². The molecule has 0 saturated heterocycles. The van der Waals surface area contributed by atoms with Gasteiger partial charge in [-0.05, 0) is 51.5 Å². The van der Waals surface area contributed by atoms with E-state index in [1.54, 1.807) is 22.8 Å². The first-order valence-electron chi connectivity index (χ1n) is 9.01. The van der Waals surface area contributed by atoms with Gasteiger partial charge in [-0.15, -0.1) is 11.3 Å². The molecule has 1 aromatic carbocycles. The van der Waals surface area contributed by atoms with Gasteiger partial charge in [-0.1, -0.05) is 23.4 Å². The zero-order valence-electron chi connectivity index (χ0n) is 16.8. The number of halogens is 1. The predicted octanol–water partition coefficient (Wildman–Crippen LogP) is 5.05. The predicted molar refractivity (Wildman–Crippen MR) is 121 cm³/mol. The second-order valence-electron chi connectivity index (χ2n) is 6.81. The molecular weight excluding hydrogens is 430 g/mol. The number of thioether (sulfide) groups is 1. The third-order valence-corrected chi connectivity index (χ3v) is 6.84. The second-order valence-corrected chi connectivity index (χ2v) is 9.37. The number of carbonyl (C=O) groups excluding carboxylic acids is 1. The van der Waals surface area contributed by atoms with Crippen LogP contribution in [0, 0.1) is 13.8 Å². The number of nitrogens with one attached hydrogen (secondary N) is 1. The highest BCUT2D eigenvalue weighted by atomic mass is 35.5. The minimum Gasteiger partial charge on any atom is -0.495 e. The van der Waals surface area contributed by atoms with E-state index in [1.165, 1.54) is 30.2 Å². The van der Waals surface area contributed by atoms with E-state index in [1.807, 2.05) is 27.7 Å². The van der Waals surface area contributed by atoms with Crippen molar-refractivity contribution in [2.45, 2.75) is 38.9 Å². The fraction of sp³-hybridized carbons (Fsp3) is 0.350. The minimum absolute atomic E-state index is 0.0586. The first-order valence-corrected chi connectivity index (χ1v) is 11.2. The van der Waals surface area contributed by atoms with Gasteiger partial charge in [-0.2, -0.15) is 0 Å². The van der Waals surface area contributed by atoms with Crippen LogP contribution in [-0.4, -0.2) is 28.3 Å². The van der Waals surface area contributed by atoms with Crippen LogP contribution in [-0.2, 0) is 4.79 Å². The Morgan fingerprint density at radius 2 is 2.10 bits per heavy atom. The van der Waals surface area contributed by atoms with Gasteiger partial charge < -0.3 is 10.1 Å². The number of nitrogens with zero attached hydrogens (tertiary/aromatic N) is 2. The number of methoxy groups -OCH3 is 1. The van der Waals surface area contributed by atoms with Crippen molar-refractivity contribution < 1.29 is 9.53 Å². The highest BCUT2D eigenvalue weighted by Gasteiger charge is 2.19. The van der Waals surface area contributed by atoms with Crippen molar-refractivity contribution in [3.63, 3.8) is 0 Å². The largest absolute Gasteiger partial charge is 0.495 e. The molecule has 1 N–H and O–H groups in total. The van der Waals surface area contributed by atoms with Crippen molar-refractivity contribution in [3.05, 3.63) is 44.0 Å². The van der Waals surface area contributed by atoms with Gasteiger partial charge in [0.15, 0.2) is 5.16 Å². The summed E-state index contributed by atoms with van der Waals surface area (Å²) in [5, 5.41) is 4.44. The van der Waals surface area contributed by atoms with Crippen LogP contribution in [0.5, 0.6) is 5.75 Å². The van der Waals surface area contributed by atoms with Crippen molar-refractivity contribution in [2.75, 3.05) is 18.2 Å². The van der Waals surface area contributed by atoms with Crippen LogP contribution >= 0.6 is 34.7 Å². The van der Waals surface area contributed by atoms with E-state index in [9.17, 15) is 9.59 Å². The fourth-order valence-electron chi connectivity index (χ4n) is 2.92. The molecule has 0 unspecified atom stereocenters. The minimum atomic E-state index is -0.209. The van der Waals surface area contributed by atoms with Crippen molar-refractivity contribution in [2.24, 2.45) is 0 Å². The van der Waals surface area contributed by atoms with E-state index in [4.69, 9.17) is 16.3 Å². The molecule has 0 radical (unpaired) electrons. The van der Waals surface area contributed by atoms with Gasteiger partial charge in [-0.3, -0.25) is 14.2 Å². The molecule has 2 heterocycles. The molecule has 0 saturated carbocycles. The molecule has 0 spiro atoms. The third-order valence-electron chi connectivity index (χ3n) is 4.49. The summed E-state index contributed by atoms with van der Waals surface area (Å²) in [4.78, 5) is 31.9. The van der Waals surface area contributed by atoms with Crippen LogP contribution in [0.25, 0.3) is 10.2 Å². The number of thiophene rings is 1. The normalized spacial score (nSPS) is 11.3. The average Bonchev–Trinajstić information content (AvgIpc) is 2.94. The summed E-state index contributed by atoms with van der Waals surface area (Å²) in [6.45, 7) is 7.81. The van der Waals surface area contributed by atoms with Crippen LogP contribution in [0.4, 0.5) is 5.69 Å². The standard InChI is InChI=1S/C20H22ClN3O3S2/c1-10(2)24-19(26)17-11(3)12(4)29-18(17)23-20(24)28-9-16(25)22-13-6-7-15(27-5)14(21)8-13/h6-8,10H,9H2,1-5H3,(H,22,25). The smallest absolute Gasteiger partial charge is 0.263 e. The van der Waals surface area contributed by atoms with Crippen molar-refractivity contribution in [3.8, 4) is 5.75 Å². The van der Waals surface area contributed by atoms with E-state index >= 15 is 0 Å². The first-order chi connectivity index (χ1) is 13.7. The molecule has 2 aromatic heterocycles. The van der Waals surface area contributed by atoms with Crippen LogP contribution in [0.1, 0.15) is 30.3 Å². The van der Waals surface area contributed by atoms with Crippen LogP contribution < -0.4 is 15.6 Å². The Kier molecular flexibility index (Phi) is 6.55. The molecule has 0 aliphatic heterocycles. The Morgan fingerprint density at radius 1 is 1.38 bits per heavy atom. The van der Waals surface area contributed by atoms with Gasteiger partial charge in [-0.25, -0.2) is 4.98 Å². The lowest BCUT2D eigenvalue weighted by Gasteiger charge is -2.15. The number of benzene rings is 1. The van der Waals surface area contributed by atoms with Gasteiger partial charge in [0.25, 0.3) is 5.56 Å². The maximum atomic E-state index is 13.0. The number of anilines is 1. The molecule has 29 heavy (non-hydrogen) atoms. The SMILES string of the molecule is COc1ccc(NC(=O)CSc2nc3sc(C)c(C)c3c(=O)n2C(C)C)cc1Cl. The van der Waals surface area contributed by atoms with Crippen LogP contribution in [0.2, 0.25) is 5.02 Å². The lowest BCUT2D eigenvalue weighted by molar-refractivity contribution is -0.113. The molecule has 0 fully saturated rings. The number of hydrogen-bond acceptors (Lipinski definition) is 6. The van der Waals surface area contributed by atoms with Crippen molar-refractivity contribution in [1.29, 1.82) is 0 Å². The summed E-state index contributed by atoms with van der Waals surface area (Å²) in [5.74, 6) is 0.455. The Labute approximate surface area is 182 Å². The number of fused-ring (bicyclic) bond motifs is 1. The van der Waals surface area contributed by atoms with E-state index < -0.39 is 0 Å². The zero-order chi connectivity index (χ0) is 21.3. The maximum absolute atomic E-state index is 13.0. The molecule has 6 nitrogen and oxygen atoms in total. The number of carbonyl (C=O) groups is 1. The van der Waals surface area contributed by atoms with E-state index in [2.05, 4.69) is 10.3 Å². The third kappa shape index (κ3) is 4.44. The molecule has 0 aliphatic rings. The maximum Gasteiger partial charge on any atom is 0.263 e. The van der Waals surface area contributed by atoms with Gasteiger partial charge in [0.1, 0.15) is 10.6 Å². The lowest BCUT2D eigenvalue weighted by atomic mass is 10.2. The Morgan fingerprint density at radius 3 is 2.72 bits per heavy atom. The number of amides is 1. The van der Waals surface area contributed by atoms with Crippen molar-refractivity contribution >= 4 is 56.5 Å². The van der Waals surface area contributed by atoms with Gasteiger partial charge in [0.2, 0.25) is 5.91 Å². The molecule has 154 valence electrons. The highest BCUT2D eigenvalue weighted by molar-refractivity contribution is 7.99. The second kappa shape index (κ2) is 8.77. The summed E-state index contributed by atoms with van der Waals surface area (Å²) in [6.07, 6.45) is 0. The molecule has 3 rings (SSSR count). The molecule has 3 aromatic rings. The van der Waals surface area contributed by atoms with Gasteiger partial charge in [0.05, 0.1) is 23.3 Å². The Bertz CT molecular complexity index is 1140. The average molecular weight is 452 g/mol. The van der Waals surface area contributed by atoms with Crippen LogP contribution in [0.3, 0.4) is 0 Å². The number of aromatic nitrogens is 2. The topological polar surface area (TPSA) is 73.2 Å². The summed E-state index contributed by atoms with van der Waals surface area (Å²) < 4.78 is 6.77. The van der Waals surface area contributed by atoms with E-state index in [0.29, 0.717) is 31.8 Å². The molecule has 9 heteroatoms. The number of rotatable bonds is 6. The molecule has 0 bridgehead atoms. The molecule has 0 aliphatic carbocycles. The number of hydrogen-bond donors (Lipinski definition) is 1. The molecule has 1 amide bonds. The van der Waals surface area contributed by atoms with Gasteiger partial charge >= 0.3 is 0 Å². The first kappa shape index (κ1) is 21.7. The fourth-order valence-corrected chi connectivity index (χ4v) is 5.17. The summed E-state index contributed by atoms with van der Waals surface area (Å²) in [7, 11) is 1.53. The zero-order valence-corrected chi connectivity index (χ0v) is 19.2. The van der Waals surface area contributed by atoms with E-state index in [-0.39, 0.29) is 23.3 Å². The molecule has 0 atom stereocenters. The summed E-state index contributed by atoms with van der Waals surface area (Å²) >= 11 is 8.85. The Hall–Kier alpha value is -2.03. The summed E-state index contributed by atoms with van der Waals surface area (Å²) in [5.41, 5.74) is 1.50. The monoisotopic (exact) mass is 451 g/mol. The summed E-state index contributed by atoms with van der Waals surface area (Å²) in [6, 6.07) is 4.98. The molecular formula is C20H22ClN3O3S2. The quantitative estimate of drug-likeness (QED) is 0.419.